The van der Waals surface area contributed by atoms with Gasteiger partial charge in [-0.2, -0.15) is 10.5 Å². The number of hydrogen-bond acceptors (Lipinski definition) is 7. The van der Waals surface area contributed by atoms with E-state index in [-0.39, 0.29) is 0 Å². The molecule has 0 amide bonds. The minimum atomic E-state index is 0.632. The molecule has 0 aliphatic heterocycles. The Morgan fingerprint density at radius 1 is 0.184 bits per heavy atom. The van der Waals surface area contributed by atoms with Gasteiger partial charge in [0.2, 0.25) is 0 Å². The molecule has 0 bridgehead atoms. The van der Waals surface area contributed by atoms with Gasteiger partial charge in [-0.15, -0.1) is 0 Å². The van der Waals surface area contributed by atoms with Gasteiger partial charge in [0.05, 0.1) is 56.7 Å². The Bertz CT molecular complexity index is 7140. The Hall–Kier alpha value is -15.8. The van der Waals surface area contributed by atoms with Crippen molar-refractivity contribution in [2.75, 3.05) is 0 Å². The van der Waals surface area contributed by atoms with Crippen molar-refractivity contribution >= 4 is 108 Å². The van der Waals surface area contributed by atoms with Crippen LogP contribution in [0, 0.1) is 22.7 Å². The van der Waals surface area contributed by atoms with Crippen LogP contribution in [0.4, 0.5) is 0 Å². The van der Waals surface area contributed by atoms with Crippen molar-refractivity contribution in [1.29, 1.82) is 10.5 Å². The molecule has 0 spiro atoms. The minimum absolute atomic E-state index is 0.632. The van der Waals surface area contributed by atoms with E-state index in [0.29, 0.717) is 34.4 Å². The van der Waals surface area contributed by atoms with E-state index in [1.165, 1.54) is 16.2 Å². The largest absolute Gasteiger partial charge is 0.309 e. The molecule has 4 aromatic heterocycles. The van der Waals surface area contributed by atoms with E-state index in [4.69, 9.17) is 24.9 Å². The molecule has 114 heavy (non-hydrogen) atoms. The van der Waals surface area contributed by atoms with Crippen molar-refractivity contribution < 1.29 is 0 Å². The average molecular weight is 1450 g/mol. The maximum Gasteiger partial charge on any atom is 0.164 e. The first kappa shape index (κ1) is 66.4. The molecule has 0 saturated heterocycles. The molecule has 528 valence electrons. The van der Waals surface area contributed by atoms with Gasteiger partial charge in [-0.3, -0.25) is 0 Å². The lowest BCUT2D eigenvalue weighted by molar-refractivity contribution is 1.08. The van der Waals surface area contributed by atoms with E-state index in [1.54, 1.807) is 0 Å². The highest BCUT2D eigenvalue weighted by molar-refractivity contribution is 6.26. The van der Waals surface area contributed by atoms with Crippen LogP contribution in [0.3, 0.4) is 0 Å². The summed E-state index contributed by atoms with van der Waals surface area (Å²) in [5.74, 6) is 2.60. The first-order valence-corrected chi connectivity index (χ1v) is 38.1. The fourth-order valence-electron chi connectivity index (χ4n) is 17.0. The lowest BCUT2D eigenvalue weighted by Crippen LogP contribution is -2.00. The van der Waals surface area contributed by atoms with Crippen LogP contribution in [0.2, 0.25) is 0 Å². The highest BCUT2D eigenvalue weighted by atomic mass is 15.0. The lowest BCUT2D eigenvalue weighted by Gasteiger charge is -2.16. The van der Waals surface area contributed by atoms with Gasteiger partial charge in [0.25, 0.3) is 0 Å². The molecule has 22 aromatic rings. The molecule has 0 aliphatic rings. The quantitative estimate of drug-likeness (QED) is 0.125. The van der Waals surface area contributed by atoms with Crippen molar-refractivity contribution in [1.82, 2.24) is 34.1 Å². The first-order chi connectivity index (χ1) is 56.4. The van der Waals surface area contributed by atoms with Crippen LogP contribution in [-0.2, 0) is 0 Å². The third-order valence-corrected chi connectivity index (χ3v) is 22.3. The Kier molecular flexibility index (Phi) is 16.1. The lowest BCUT2D eigenvalue weighted by atomic mass is 9.89. The molecule has 4 heterocycles. The van der Waals surface area contributed by atoms with Crippen molar-refractivity contribution in [3.63, 3.8) is 0 Å². The molecule has 0 aliphatic carbocycles. The van der Waals surface area contributed by atoms with Crippen molar-refractivity contribution in [3.05, 3.63) is 393 Å². The monoisotopic (exact) mass is 1450 g/mol. The summed E-state index contributed by atoms with van der Waals surface area (Å²) in [6, 6.07) is 138. The minimum Gasteiger partial charge on any atom is -0.309 e. The fraction of sp³-hybridized carbons (Fsp3) is 0. The molecular formula is C105H63N9. The molecule has 0 unspecified atom stereocenters. The number of rotatable bonds is 10. The second-order valence-electron chi connectivity index (χ2n) is 28.8. The highest BCUT2D eigenvalue weighted by Gasteiger charge is 2.24. The maximum atomic E-state index is 9.82. The fourth-order valence-corrected chi connectivity index (χ4v) is 17.0. The zero-order valence-corrected chi connectivity index (χ0v) is 61.4. The number of nitriles is 2. The molecule has 18 aromatic carbocycles. The number of para-hydroxylation sites is 2. The van der Waals surface area contributed by atoms with E-state index < -0.39 is 0 Å². The van der Waals surface area contributed by atoms with Crippen LogP contribution in [0.1, 0.15) is 11.1 Å². The maximum absolute atomic E-state index is 9.82. The second-order valence-corrected chi connectivity index (χ2v) is 28.8. The summed E-state index contributed by atoms with van der Waals surface area (Å²) in [4.78, 5) is 25.8. The summed E-state index contributed by atoms with van der Waals surface area (Å²) in [6.45, 7) is 0. The van der Waals surface area contributed by atoms with Gasteiger partial charge in [0.15, 0.2) is 23.3 Å². The Morgan fingerprint density at radius 2 is 0.456 bits per heavy atom. The standard InChI is InChI=1S/C53H32N4.C52H31N5/c54-33-34-24-26-43-44-27-25-37(29-52(44)57(51(43)28-34)38-18-8-3-9-19-38)45-30-46-41-22-12-13-23-42(41)48(31-47(46)40-21-11-10-20-39(40)45)53-55-49(35-14-4-1-5-15-35)32-50(56-53)36-16-6-2-7-17-36;53-32-33-24-26-42-43-27-25-36(29-49(43)57(48(42)28-33)37-18-8-3-9-19-37)44-30-45-40-22-12-13-23-41(40)47(31-46(45)39-21-11-10-20-38(39)44)52-55-50(34-14-4-1-5-15-34)54-51(56-52)35-16-6-2-7-17-35/h1-32H;1-31H. The summed E-state index contributed by atoms with van der Waals surface area (Å²) in [5, 5.41) is 37.9. The zero-order chi connectivity index (χ0) is 75.7. The van der Waals surface area contributed by atoms with Crippen LogP contribution in [0.5, 0.6) is 0 Å². The average Bonchev–Trinajstić information content (AvgIpc) is 1.25. The molecule has 9 heteroatoms. The summed E-state index contributed by atoms with van der Waals surface area (Å²) < 4.78 is 4.56. The summed E-state index contributed by atoms with van der Waals surface area (Å²) in [5.41, 5.74) is 19.9. The highest BCUT2D eigenvalue weighted by Crippen LogP contribution is 2.47. The number of nitrogens with zero attached hydrogens (tertiary/aromatic N) is 9. The summed E-state index contributed by atoms with van der Waals surface area (Å²) >= 11 is 0. The number of fused-ring (bicyclic) bond motifs is 16. The van der Waals surface area contributed by atoms with E-state index >= 15 is 0 Å². The third-order valence-electron chi connectivity index (χ3n) is 22.3. The van der Waals surface area contributed by atoms with Crippen LogP contribution < -0.4 is 0 Å². The summed E-state index contributed by atoms with van der Waals surface area (Å²) in [6.07, 6.45) is 0. The second kappa shape index (κ2) is 27.7. The van der Waals surface area contributed by atoms with Crippen LogP contribution in [-0.4, -0.2) is 34.1 Å². The van der Waals surface area contributed by atoms with Gasteiger partial charge in [-0.05, 0) is 178 Å². The third kappa shape index (κ3) is 11.4. The van der Waals surface area contributed by atoms with E-state index in [2.05, 4.69) is 294 Å². The van der Waals surface area contributed by atoms with Gasteiger partial charge in [-0.1, -0.05) is 291 Å². The first-order valence-electron chi connectivity index (χ1n) is 38.1. The van der Waals surface area contributed by atoms with E-state index in [9.17, 15) is 10.5 Å². The molecule has 0 radical (unpaired) electrons. The van der Waals surface area contributed by atoms with E-state index in [0.717, 1.165) is 170 Å². The van der Waals surface area contributed by atoms with Gasteiger partial charge < -0.3 is 9.13 Å². The SMILES string of the molecule is N#Cc1ccc2c3ccc(-c4cc5c6ccccc6c(-c6nc(-c7ccccc7)cc(-c7ccccc7)n6)cc5c5ccccc45)cc3n(-c3ccccc3)c2c1.N#Cc1ccc2c3ccc(-c4cc5c6ccccc6c(-c6nc(-c7ccccc7)nc(-c7ccccc7)n6)cc5c5ccccc45)cc3n(-c3ccccc3)c2c1. The summed E-state index contributed by atoms with van der Waals surface area (Å²) in [7, 11) is 0. The molecule has 0 fully saturated rings. The predicted molar refractivity (Wildman–Crippen MR) is 468 cm³/mol. The van der Waals surface area contributed by atoms with Crippen LogP contribution in [0.15, 0.2) is 382 Å². The molecule has 9 nitrogen and oxygen atoms in total. The van der Waals surface area contributed by atoms with Gasteiger partial charge in [0.1, 0.15) is 0 Å². The van der Waals surface area contributed by atoms with E-state index in [1.807, 2.05) is 109 Å². The number of aromatic nitrogens is 7. The molecule has 0 saturated carbocycles. The Balaban J connectivity index is 0.000000143. The van der Waals surface area contributed by atoms with Crippen molar-refractivity contribution in [2.45, 2.75) is 0 Å². The van der Waals surface area contributed by atoms with Gasteiger partial charge in [0, 0.05) is 66.3 Å². The molecule has 0 N–H and O–H groups in total. The smallest absolute Gasteiger partial charge is 0.164 e. The van der Waals surface area contributed by atoms with Crippen LogP contribution >= 0.6 is 0 Å². The zero-order valence-electron chi connectivity index (χ0n) is 61.4. The normalized spacial score (nSPS) is 11.5. The van der Waals surface area contributed by atoms with Gasteiger partial charge >= 0.3 is 0 Å². The topological polar surface area (TPSA) is 122 Å². The number of benzene rings is 18. The van der Waals surface area contributed by atoms with Gasteiger partial charge in [-0.25, -0.2) is 24.9 Å². The molecular weight excluding hydrogens is 1390 g/mol. The number of hydrogen-bond donors (Lipinski definition) is 0. The molecule has 0 atom stereocenters. The Labute approximate surface area is 655 Å². The predicted octanol–water partition coefficient (Wildman–Crippen LogP) is 26.5. The van der Waals surface area contributed by atoms with Crippen molar-refractivity contribution in [2.24, 2.45) is 0 Å². The van der Waals surface area contributed by atoms with Crippen LogP contribution in [0.25, 0.3) is 210 Å². The van der Waals surface area contributed by atoms with Crippen molar-refractivity contribution in [3.8, 4) is 114 Å². The Morgan fingerprint density at radius 3 is 0.807 bits per heavy atom. The molecule has 22 rings (SSSR count).